The molecule has 0 aliphatic carbocycles. The first-order chi connectivity index (χ1) is 10.3. The molecule has 3 rings (SSSR count). The van der Waals surface area contributed by atoms with Crippen molar-refractivity contribution in [3.05, 3.63) is 48.3 Å². The van der Waals surface area contributed by atoms with E-state index in [1.54, 1.807) is 18.0 Å². The molecule has 0 saturated heterocycles. The monoisotopic (exact) mass is 315 g/mol. The van der Waals surface area contributed by atoms with Crippen molar-refractivity contribution < 1.29 is 4.79 Å². The second-order valence-electron chi connectivity index (χ2n) is 4.22. The van der Waals surface area contributed by atoms with Gasteiger partial charge in [0.1, 0.15) is 5.69 Å². The number of carbonyl (C=O) groups is 1. The molecule has 2 aromatic heterocycles. The number of thioether (sulfide) groups is 1. The lowest BCUT2D eigenvalue weighted by molar-refractivity contribution is 0.101. The minimum Gasteiger partial charge on any atom is -0.296 e. The van der Waals surface area contributed by atoms with Gasteiger partial charge in [-0.05, 0) is 30.0 Å². The summed E-state index contributed by atoms with van der Waals surface area (Å²) in [6.45, 7) is 2.05. The summed E-state index contributed by atoms with van der Waals surface area (Å²) in [5.74, 6) is 0.679. The molecule has 0 aliphatic rings. The summed E-state index contributed by atoms with van der Waals surface area (Å²) in [5, 5.41) is 3.44. The number of para-hydroxylation sites is 1. The van der Waals surface area contributed by atoms with Crippen LogP contribution in [0.3, 0.4) is 0 Å². The van der Waals surface area contributed by atoms with Crippen LogP contribution in [0.15, 0.2) is 47.5 Å². The van der Waals surface area contributed by atoms with Gasteiger partial charge in [-0.2, -0.15) is 0 Å². The zero-order valence-corrected chi connectivity index (χ0v) is 13.0. The number of nitrogens with zero attached hydrogens (tertiary/aromatic N) is 2. The van der Waals surface area contributed by atoms with Crippen LogP contribution in [0.25, 0.3) is 10.2 Å². The predicted octanol–water partition coefficient (Wildman–Crippen LogP) is 4.06. The van der Waals surface area contributed by atoms with Crippen LogP contribution in [-0.4, -0.2) is 21.6 Å². The number of anilines is 1. The summed E-state index contributed by atoms with van der Waals surface area (Å²) in [7, 11) is 0. The minimum absolute atomic E-state index is 0.217. The average molecular weight is 315 g/mol. The van der Waals surface area contributed by atoms with Crippen molar-refractivity contribution in [3.63, 3.8) is 0 Å². The van der Waals surface area contributed by atoms with E-state index in [0.29, 0.717) is 10.8 Å². The lowest BCUT2D eigenvalue weighted by Gasteiger charge is -2.05. The smallest absolute Gasteiger partial charge is 0.277 e. The van der Waals surface area contributed by atoms with Gasteiger partial charge in [-0.3, -0.25) is 10.1 Å². The first-order valence-corrected chi connectivity index (χ1v) is 8.33. The molecule has 1 amide bonds. The van der Waals surface area contributed by atoms with Crippen molar-refractivity contribution in [2.75, 3.05) is 11.1 Å². The van der Waals surface area contributed by atoms with E-state index in [0.717, 1.165) is 20.9 Å². The van der Waals surface area contributed by atoms with E-state index < -0.39 is 0 Å². The Balaban J connectivity index is 1.86. The molecule has 0 aliphatic heterocycles. The van der Waals surface area contributed by atoms with Crippen molar-refractivity contribution in [2.45, 2.75) is 11.8 Å². The highest BCUT2D eigenvalue weighted by Crippen LogP contribution is 2.27. The molecule has 3 aromatic rings. The molecule has 4 nitrogen and oxygen atoms in total. The van der Waals surface area contributed by atoms with Crippen LogP contribution in [0.1, 0.15) is 17.4 Å². The summed E-state index contributed by atoms with van der Waals surface area (Å²) in [5.41, 5.74) is 1.34. The standard InChI is InChI=1S/C15H13N3OS2/c1-2-20-12-8-5-9-16-13(12)14(19)18-15-17-10-6-3-4-7-11(10)21-15/h3-9H,2H2,1H3,(H,17,18,19). The van der Waals surface area contributed by atoms with E-state index in [4.69, 9.17) is 0 Å². The van der Waals surface area contributed by atoms with Gasteiger partial charge >= 0.3 is 0 Å². The molecule has 0 spiro atoms. The molecule has 6 heteroatoms. The number of carbonyl (C=O) groups excluding carboxylic acids is 1. The zero-order chi connectivity index (χ0) is 14.7. The maximum absolute atomic E-state index is 12.4. The number of hydrogen-bond acceptors (Lipinski definition) is 5. The highest BCUT2D eigenvalue weighted by molar-refractivity contribution is 7.99. The van der Waals surface area contributed by atoms with Gasteiger partial charge in [-0.25, -0.2) is 9.97 Å². The number of amides is 1. The highest BCUT2D eigenvalue weighted by Gasteiger charge is 2.14. The predicted molar refractivity (Wildman–Crippen MR) is 88.2 cm³/mol. The summed E-state index contributed by atoms with van der Waals surface area (Å²) >= 11 is 3.07. The van der Waals surface area contributed by atoms with E-state index in [-0.39, 0.29) is 5.91 Å². The molecule has 0 radical (unpaired) electrons. The highest BCUT2D eigenvalue weighted by atomic mass is 32.2. The van der Waals surface area contributed by atoms with E-state index in [9.17, 15) is 4.79 Å². The fraction of sp³-hybridized carbons (Fsp3) is 0.133. The third kappa shape index (κ3) is 3.06. The van der Waals surface area contributed by atoms with Crippen LogP contribution in [0.4, 0.5) is 5.13 Å². The SMILES string of the molecule is CCSc1cccnc1C(=O)Nc1nc2ccccc2s1. The van der Waals surface area contributed by atoms with Crippen molar-refractivity contribution in [1.29, 1.82) is 0 Å². The van der Waals surface area contributed by atoms with Gasteiger partial charge in [0, 0.05) is 11.1 Å². The molecule has 1 aromatic carbocycles. The molecule has 2 heterocycles. The van der Waals surface area contributed by atoms with Crippen LogP contribution < -0.4 is 5.32 Å². The fourth-order valence-corrected chi connectivity index (χ4v) is 3.54. The number of hydrogen-bond donors (Lipinski definition) is 1. The lowest BCUT2D eigenvalue weighted by atomic mass is 10.3. The molecule has 1 N–H and O–H groups in total. The maximum atomic E-state index is 12.4. The van der Waals surface area contributed by atoms with Crippen LogP contribution in [-0.2, 0) is 0 Å². The molecule has 21 heavy (non-hydrogen) atoms. The lowest BCUT2D eigenvalue weighted by Crippen LogP contribution is -2.14. The molecule has 106 valence electrons. The van der Waals surface area contributed by atoms with Crippen molar-refractivity contribution in [3.8, 4) is 0 Å². The van der Waals surface area contributed by atoms with Crippen molar-refractivity contribution in [1.82, 2.24) is 9.97 Å². The van der Waals surface area contributed by atoms with Gasteiger partial charge < -0.3 is 0 Å². The van der Waals surface area contributed by atoms with Gasteiger partial charge in [0.05, 0.1) is 10.2 Å². The molecule has 0 atom stereocenters. The van der Waals surface area contributed by atoms with Gasteiger partial charge in [0.2, 0.25) is 0 Å². The quantitative estimate of drug-likeness (QED) is 0.738. The number of fused-ring (bicyclic) bond motifs is 1. The largest absolute Gasteiger partial charge is 0.296 e. The van der Waals surface area contributed by atoms with Gasteiger partial charge in [-0.15, -0.1) is 11.8 Å². The van der Waals surface area contributed by atoms with E-state index in [1.165, 1.54) is 11.3 Å². The zero-order valence-electron chi connectivity index (χ0n) is 11.4. The molecule has 0 fully saturated rings. The Bertz CT molecular complexity index is 752. The normalized spacial score (nSPS) is 10.7. The number of pyridine rings is 1. The Morgan fingerprint density at radius 2 is 2.14 bits per heavy atom. The first kappa shape index (κ1) is 14.0. The Labute approximate surface area is 130 Å². The van der Waals surface area contributed by atoms with E-state index in [1.807, 2.05) is 43.3 Å². The van der Waals surface area contributed by atoms with Crippen LogP contribution in [0.2, 0.25) is 0 Å². The Morgan fingerprint density at radius 3 is 2.95 bits per heavy atom. The number of aromatic nitrogens is 2. The average Bonchev–Trinajstić information content (AvgIpc) is 2.90. The van der Waals surface area contributed by atoms with E-state index >= 15 is 0 Å². The fourth-order valence-electron chi connectivity index (χ4n) is 1.92. The summed E-state index contributed by atoms with van der Waals surface area (Å²) < 4.78 is 1.05. The first-order valence-electron chi connectivity index (χ1n) is 6.52. The third-order valence-corrected chi connectivity index (χ3v) is 4.68. The molecule has 0 unspecified atom stereocenters. The minimum atomic E-state index is -0.217. The molecule has 0 bridgehead atoms. The van der Waals surface area contributed by atoms with Crippen LogP contribution in [0.5, 0.6) is 0 Å². The van der Waals surface area contributed by atoms with Crippen molar-refractivity contribution in [2.24, 2.45) is 0 Å². The number of thiazole rings is 1. The second-order valence-corrected chi connectivity index (χ2v) is 6.56. The second kappa shape index (κ2) is 6.24. The molecular weight excluding hydrogens is 302 g/mol. The van der Waals surface area contributed by atoms with Gasteiger partial charge in [0.25, 0.3) is 5.91 Å². The number of benzene rings is 1. The van der Waals surface area contributed by atoms with E-state index in [2.05, 4.69) is 15.3 Å². The third-order valence-electron chi connectivity index (χ3n) is 2.80. The van der Waals surface area contributed by atoms with Gasteiger partial charge in [0.15, 0.2) is 5.13 Å². The molecule has 0 saturated carbocycles. The summed E-state index contributed by atoms with van der Waals surface area (Å²) in [4.78, 5) is 21.9. The Kier molecular flexibility index (Phi) is 4.17. The Hall–Kier alpha value is -1.92. The summed E-state index contributed by atoms with van der Waals surface area (Å²) in [6, 6.07) is 11.6. The van der Waals surface area contributed by atoms with Crippen molar-refractivity contribution >= 4 is 44.4 Å². The van der Waals surface area contributed by atoms with Crippen LogP contribution in [0, 0.1) is 0 Å². The topological polar surface area (TPSA) is 54.9 Å². The molecular formula is C15H13N3OS2. The summed E-state index contributed by atoms with van der Waals surface area (Å²) in [6.07, 6.45) is 1.63. The number of nitrogens with one attached hydrogen (secondary N) is 1. The van der Waals surface area contributed by atoms with Gasteiger partial charge in [-0.1, -0.05) is 30.4 Å². The Morgan fingerprint density at radius 1 is 1.29 bits per heavy atom. The maximum Gasteiger partial charge on any atom is 0.277 e. The number of rotatable bonds is 4. The van der Waals surface area contributed by atoms with Crippen LogP contribution >= 0.6 is 23.1 Å².